The minimum absolute atomic E-state index is 0.0295. The van der Waals surface area contributed by atoms with Crippen LogP contribution in [0.1, 0.15) is 29.8 Å². The van der Waals surface area contributed by atoms with Crippen molar-refractivity contribution in [3.63, 3.8) is 0 Å². The predicted molar refractivity (Wildman–Crippen MR) is 119 cm³/mol. The molecule has 0 saturated carbocycles. The molecular weight excluding hydrogens is 434 g/mol. The summed E-state index contributed by atoms with van der Waals surface area (Å²) in [5.74, 6) is 0.300. The van der Waals surface area contributed by atoms with Crippen LogP contribution in [0.5, 0.6) is 5.75 Å². The van der Waals surface area contributed by atoms with Crippen LogP contribution < -0.4 is 15.8 Å². The van der Waals surface area contributed by atoms with Crippen LogP contribution in [-0.2, 0) is 11.3 Å². The van der Waals surface area contributed by atoms with Crippen LogP contribution >= 0.6 is 15.9 Å². The van der Waals surface area contributed by atoms with Gasteiger partial charge in [0.15, 0.2) is 0 Å². The second kappa shape index (κ2) is 10.3. The van der Waals surface area contributed by atoms with E-state index >= 15 is 0 Å². The SMILES string of the molecule is COc1ccc(CN(C)C(=O)C(C)C(C)CNC(=O)c2cc(Br)ccc2N)cc1. The summed E-state index contributed by atoms with van der Waals surface area (Å²) in [6.45, 7) is 4.74. The molecule has 156 valence electrons. The number of carbonyl (C=O) groups excluding carboxylic acids is 2. The van der Waals surface area contributed by atoms with Crippen molar-refractivity contribution in [3.05, 3.63) is 58.1 Å². The topological polar surface area (TPSA) is 84.7 Å². The summed E-state index contributed by atoms with van der Waals surface area (Å²) in [6.07, 6.45) is 0. The predicted octanol–water partition coefficient (Wildman–Crippen LogP) is 3.70. The van der Waals surface area contributed by atoms with Crippen molar-refractivity contribution >= 4 is 33.4 Å². The van der Waals surface area contributed by atoms with Gasteiger partial charge in [0.05, 0.1) is 12.7 Å². The van der Waals surface area contributed by atoms with Crippen molar-refractivity contribution in [1.82, 2.24) is 10.2 Å². The van der Waals surface area contributed by atoms with E-state index in [-0.39, 0.29) is 23.7 Å². The van der Waals surface area contributed by atoms with Crippen molar-refractivity contribution in [1.29, 1.82) is 0 Å². The minimum atomic E-state index is -0.248. The fourth-order valence-corrected chi connectivity index (χ4v) is 3.29. The Labute approximate surface area is 180 Å². The van der Waals surface area contributed by atoms with Gasteiger partial charge in [0, 0.05) is 36.2 Å². The summed E-state index contributed by atoms with van der Waals surface area (Å²) in [6, 6.07) is 12.8. The van der Waals surface area contributed by atoms with Gasteiger partial charge in [-0.05, 0) is 41.8 Å². The van der Waals surface area contributed by atoms with Gasteiger partial charge in [0.25, 0.3) is 5.91 Å². The first-order valence-corrected chi connectivity index (χ1v) is 10.2. The molecule has 0 radical (unpaired) electrons. The highest BCUT2D eigenvalue weighted by Crippen LogP contribution is 2.20. The van der Waals surface area contributed by atoms with E-state index in [0.29, 0.717) is 24.3 Å². The summed E-state index contributed by atoms with van der Waals surface area (Å²) in [5, 5.41) is 2.88. The number of amides is 2. The van der Waals surface area contributed by atoms with E-state index < -0.39 is 0 Å². The highest BCUT2D eigenvalue weighted by atomic mass is 79.9. The molecule has 2 aromatic rings. The van der Waals surface area contributed by atoms with E-state index in [0.717, 1.165) is 15.8 Å². The first-order valence-electron chi connectivity index (χ1n) is 9.44. The molecule has 0 spiro atoms. The summed E-state index contributed by atoms with van der Waals surface area (Å²) in [4.78, 5) is 26.9. The molecule has 0 heterocycles. The molecule has 2 atom stereocenters. The number of benzene rings is 2. The van der Waals surface area contributed by atoms with Crippen LogP contribution in [0.2, 0.25) is 0 Å². The molecule has 6 nitrogen and oxygen atoms in total. The van der Waals surface area contributed by atoms with Crippen molar-refractivity contribution in [3.8, 4) is 5.75 Å². The summed E-state index contributed by atoms with van der Waals surface area (Å²) in [5.41, 5.74) is 7.75. The molecular formula is C22H28BrN3O3. The van der Waals surface area contributed by atoms with Gasteiger partial charge in [0.1, 0.15) is 5.75 Å². The highest BCUT2D eigenvalue weighted by molar-refractivity contribution is 9.10. The lowest BCUT2D eigenvalue weighted by atomic mass is 9.94. The number of carbonyl (C=O) groups is 2. The zero-order valence-corrected chi connectivity index (χ0v) is 18.8. The van der Waals surface area contributed by atoms with Gasteiger partial charge < -0.3 is 20.7 Å². The lowest BCUT2D eigenvalue weighted by Crippen LogP contribution is -2.38. The molecule has 0 aliphatic rings. The number of nitrogens with one attached hydrogen (secondary N) is 1. The summed E-state index contributed by atoms with van der Waals surface area (Å²) in [7, 11) is 3.41. The van der Waals surface area contributed by atoms with Gasteiger partial charge in [-0.15, -0.1) is 0 Å². The second-order valence-electron chi connectivity index (χ2n) is 7.25. The minimum Gasteiger partial charge on any atom is -0.497 e. The first-order chi connectivity index (χ1) is 13.7. The quantitative estimate of drug-likeness (QED) is 0.586. The van der Waals surface area contributed by atoms with Gasteiger partial charge in [-0.3, -0.25) is 9.59 Å². The number of ether oxygens (including phenoxy) is 1. The molecule has 3 N–H and O–H groups in total. The zero-order valence-electron chi connectivity index (χ0n) is 17.2. The molecule has 29 heavy (non-hydrogen) atoms. The maximum absolute atomic E-state index is 12.8. The molecule has 0 saturated heterocycles. The van der Waals surface area contributed by atoms with Crippen molar-refractivity contribution < 1.29 is 14.3 Å². The van der Waals surface area contributed by atoms with Crippen LogP contribution in [0.15, 0.2) is 46.9 Å². The fourth-order valence-electron chi connectivity index (χ4n) is 2.92. The molecule has 2 unspecified atom stereocenters. The number of methoxy groups -OCH3 is 1. The maximum atomic E-state index is 12.8. The standard InChI is InChI=1S/C22H28BrN3O3/c1-14(12-25-21(27)19-11-17(23)7-10-20(19)24)15(2)22(28)26(3)13-16-5-8-18(29-4)9-6-16/h5-11,14-15H,12-13,24H2,1-4H3,(H,25,27). The van der Waals surface area contributed by atoms with E-state index in [1.54, 1.807) is 37.3 Å². The average Bonchev–Trinajstić information content (AvgIpc) is 2.72. The summed E-state index contributed by atoms with van der Waals surface area (Å²) >= 11 is 3.35. The monoisotopic (exact) mass is 461 g/mol. The number of hydrogen-bond acceptors (Lipinski definition) is 4. The number of halogens is 1. The smallest absolute Gasteiger partial charge is 0.253 e. The van der Waals surface area contributed by atoms with Crippen LogP contribution in [0, 0.1) is 11.8 Å². The molecule has 0 aliphatic carbocycles. The first kappa shape index (κ1) is 22.7. The van der Waals surface area contributed by atoms with Crippen molar-refractivity contribution in [2.45, 2.75) is 20.4 Å². The van der Waals surface area contributed by atoms with E-state index in [2.05, 4.69) is 21.2 Å². The molecule has 2 rings (SSSR count). The molecule has 0 aliphatic heterocycles. The fraction of sp³-hybridized carbons (Fsp3) is 0.364. The third-order valence-electron chi connectivity index (χ3n) is 5.04. The molecule has 2 aromatic carbocycles. The molecule has 0 bridgehead atoms. The van der Waals surface area contributed by atoms with E-state index in [1.807, 2.05) is 38.1 Å². The number of rotatable bonds is 8. The third-order valence-corrected chi connectivity index (χ3v) is 5.54. The van der Waals surface area contributed by atoms with Gasteiger partial charge in [-0.1, -0.05) is 41.9 Å². The number of hydrogen-bond donors (Lipinski definition) is 2. The van der Waals surface area contributed by atoms with E-state index in [4.69, 9.17) is 10.5 Å². The Balaban J connectivity index is 1.90. The van der Waals surface area contributed by atoms with Gasteiger partial charge in [-0.2, -0.15) is 0 Å². The highest BCUT2D eigenvalue weighted by Gasteiger charge is 2.24. The zero-order chi connectivity index (χ0) is 21.6. The molecule has 7 heteroatoms. The molecule has 0 fully saturated rings. The van der Waals surface area contributed by atoms with Gasteiger partial charge in [-0.25, -0.2) is 0 Å². The van der Waals surface area contributed by atoms with Gasteiger partial charge in [0.2, 0.25) is 5.91 Å². The van der Waals surface area contributed by atoms with Crippen LogP contribution in [0.25, 0.3) is 0 Å². The molecule has 0 aromatic heterocycles. The Bertz CT molecular complexity index is 855. The van der Waals surface area contributed by atoms with Crippen molar-refractivity contribution in [2.75, 3.05) is 26.4 Å². The van der Waals surface area contributed by atoms with Crippen molar-refractivity contribution in [2.24, 2.45) is 11.8 Å². The Morgan fingerprint density at radius 2 is 1.83 bits per heavy atom. The Hall–Kier alpha value is -2.54. The molecule has 2 amide bonds. The average molecular weight is 462 g/mol. The lowest BCUT2D eigenvalue weighted by Gasteiger charge is -2.26. The summed E-state index contributed by atoms with van der Waals surface area (Å²) < 4.78 is 5.94. The number of nitrogen functional groups attached to an aromatic ring is 1. The second-order valence-corrected chi connectivity index (χ2v) is 8.17. The maximum Gasteiger partial charge on any atom is 0.253 e. The van der Waals surface area contributed by atoms with E-state index in [9.17, 15) is 9.59 Å². The van der Waals surface area contributed by atoms with Crippen LogP contribution in [0.4, 0.5) is 5.69 Å². The number of nitrogens with two attached hydrogens (primary N) is 1. The Kier molecular flexibility index (Phi) is 8.08. The largest absolute Gasteiger partial charge is 0.497 e. The Morgan fingerprint density at radius 1 is 1.17 bits per heavy atom. The number of anilines is 1. The van der Waals surface area contributed by atoms with Gasteiger partial charge >= 0.3 is 0 Å². The van der Waals surface area contributed by atoms with Crippen LogP contribution in [0.3, 0.4) is 0 Å². The number of nitrogens with zero attached hydrogens (tertiary/aromatic N) is 1. The van der Waals surface area contributed by atoms with Crippen LogP contribution in [-0.4, -0.2) is 37.4 Å². The van der Waals surface area contributed by atoms with E-state index in [1.165, 1.54) is 0 Å². The lowest BCUT2D eigenvalue weighted by molar-refractivity contribution is -0.135. The normalized spacial score (nSPS) is 12.7. The third kappa shape index (κ3) is 6.22. The Morgan fingerprint density at radius 3 is 2.45 bits per heavy atom.